The summed E-state index contributed by atoms with van der Waals surface area (Å²) in [5.41, 5.74) is 1.78. The maximum atomic E-state index is 12.6. The van der Waals surface area contributed by atoms with Gasteiger partial charge in [-0.25, -0.2) is 0 Å². The standard InChI is InChI=1S/C19H15BrINO3S/c1-2-25-16-8-5-13(9-15(16)21)10-17-18(23)22(19(24)26-17)11-12-3-6-14(20)7-4-12/h3-10H,2,11H2,1H3/b17-10-. The van der Waals surface area contributed by atoms with Gasteiger partial charge in [0.25, 0.3) is 11.1 Å². The minimum absolute atomic E-state index is 0.246. The number of benzene rings is 2. The van der Waals surface area contributed by atoms with Gasteiger partial charge in [-0.2, -0.15) is 0 Å². The third kappa shape index (κ3) is 4.50. The quantitative estimate of drug-likeness (QED) is 0.359. The highest BCUT2D eigenvalue weighted by atomic mass is 127. The van der Waals surface area contributed by atoms with Crippen LogP contribution in [0.4, 0.5) is 4.79 Å². The first kappa shape index (κ1) is 19.4. The zero-order valence-corrected chi connectivity index (χ0v) is 18.4. The summed E-state index contributed by atoms with van der Waals surface area (Å²) in [7, 11) is 0. The van der Waals surface area contributed by atoms with Crippen molar-refractivity contribution in [2.45, 2.75) is 13.5 Å². The van der Waals surface area contributed by atoms with E-state index in [2.05, 4.69) is 38.5 Å². The molecule has 1 heterocycles. The van der Waals surface area contributed by atoms with Crippen molar-refractivity contribution in [3.8, 4) is 5.75 Å². The van der Waals surface area contributed by atoms with Crippen molar-refractivity contribution in [1.82, 2.24) is 4.90 Å². The Hall–Kier alpha value is -1.32. The predicted octanol–water partition coefficient (Wildman–Crippen LogP) is 5.69. The van der Waals surface area contributed by atoms with Crippen molar-refractivity contribution in [3.63, 3.8) is 0 Å². The van der Waals surface area contributed by atoms with Crippen molar-refractivity contribution in [1.29, 1.82) is 0 Å². The molecular formula is C19H15BrINO3S. The van der Waals surface area contributed by atoms with Crippen molar-refractivity contribution < 1.29 is 14.3 Å². The van der Waals surface area contributed by atoms with Crippen LogP contribution in [0.25, 0.3) is 6.08 Å². The van der Waals surface area contributed by atoms with Crippen molar-refractivity contribution in [3.05, 3.63) is 66.5 Å². The van der Waals surface area contributed by atoms with E-state index >= 15 is 0 Å². The normalized spacial score (nSPS) is 15.8. The van der Waals surface area contributed by atoms with Crippen LogP contribution < -0.4 is 4.74 Å². The minimum Gasteiger partial charge on any atom is -0.493 e. The molecule has 1 aliphatic rings. The molecule has 3 rings (SSSR count). The summed E-state index contributed by atoms with van der Waals surface area (Å²) in [5.74, 6) is 0.556. The first-order chi connectivity index (χ1) is 12.5. The molecule has 0 aromatic heterocycles. The van der Waals surface area contributed by atoms with Crippen molar-refractivity contribution >= 4 is 67.5 Å². The Morgan fingerprint density at radius 1 is 1.19 bits per heavy atom. The molecule has 2 aromatic carbocycles. The molecule has 0 saturated carbocycles. The summed E-state index contributed by atoms with van der Waals surface area (Å²) >= 11 is 6.55. The molecule has 0 atom stereocenters. The molecule has 0 unspecified atom stereocenters. The fourth-order valence-corrected chi connectivity index (χ4v) is 4.24. The third-order valence-corrected chi connectivity index (χ3v) is 5.96. The number of amides is 2. The summed E-state index contributed by atoms with van der Waals surface area (Å²) in [6, 6.07) is 13.3. The van der Waals surface area contributed by atoms with Crippen LogP contribution >= 0.6 is 50.3 Å². The molecule has 0 aliphatic carbocycles. The van der Waals surface area contributed by atoms with Gasteiger partial charge in [0, 0.05) is 4.47 Å². The van der Waals surface area contributed by atoms with Crippen molar-refractivity contribution in [2.24, 2.45) is 0 Å². The molecule has 2 aromatic rings. The van der Waals surface area contributed by atoms with E-state index in [4.69, 9.17) is 4.74 Å². The lowest BCUT2D eigenvalue weighted by Crippen LogP contribution is -2.27. The van der Waals surface area contributed by atoms with E-state index in [0.29, 0.717) is 11.5 Å². The zero-order valence-electron chi connectivity index (χ0n) is 13.9. The van der Waals surface area contributed by atoms with Gasteiger partial charge < -0.3 is 4.74 Å². The second-order valence-electron chi connectivity index (χ2n) is 5.52. The van der Waals surface area contributed by atoms with Crippen LogP contribution in [-0.4, -0.2) is 22.7 Å². The molecule has 4 nitrogen and oxygen atoms in total. The topological polar surface area (TPSA) is 46.6 Å². The molecule has 0 spiro atoms. The number of hydrogen-bond acceptors (Lipinski definition) is 4. The molecule has 26 heavy (non-hydrogen) atoms. The van der Waals surface area contributed by atoms with Gasteiger partial charge in [0.05, 0.1) is 21.6 Å². The summed E-state index contributed by atoms with van der Waals surface area (Å²) in [6.07, 6.45) is 1.75. The number of rotatable bonds is 5. The second kappa shape index (κ2) is 8.58. The highest BCUT2D eigenvalue weighted by Crippen LogP contribution is 2.34. The Morgan fingerprint density at radius 3 is 2.58 bits per heavy atom. The van der Waals surface area contributed by atoms with Gasteiger partial charge in [0.2, 0.25) is 0 Å². The molecule has 7 heteroatoms. The van der Waals surface area contributed by atoms with Crippen LogP contribution in [0.3, 0.4) is 0 Å². The van der Waals surface area contributed by atoms with Crippen LogP contribution in [0.2, 0.25) is 0 Å². The fourth-order valence-electron chi connectivity index (χ4n) is 2.44. The smallest absolute Gasteiger partial charge is 0.293 e. The third-order valence-electron chi connectivity index (χ3n) is 3.68. The molecule has 1 fully saturated rings. The van der Waals surface area contributed by atoms with Crippen LogP contribution in [0.15, 0.2) is 51.8 Å². The number of carbonyl (C=O) groups is 2. The van der Waals surface area contributed by atoms with Gasteiger partial charge in [-0.3, -0.25) is 14.5 Å². The number of thioether (sulfide) groups is 1. The summed E-state index contributed by atoms with van der Waals surface area (Å²) in [6.45, 7) is 2.81. The van der Waals surface area contributed by atoms with E-state index in [9.17, 15) is 9.59 Å². The van der Waals surface area contributed by atoms with Gasteiger partial charge in [-0.05, 0) is 82.7 Å². The SMILES string of the molecule is CCOc1ccc(/C=C2\SC(=O)N(Cc3ccc(Br)cc3)C2=O)cc1I. The Kier molecular flexibility index (Phi) is 6.42. The Balaban J connectivity index is 1.78. The number of halogens is 2. The Labute approximate surface area is 178 Å². The van der Waals surface area contributed by atoms with Gasteiger partial charge in [-0.1, -0.05) is 34.1 Å². The summed E-state index contributed by atoms with van der Waals surface area (Å²) in [5, 5.41) is -0.246. The lowest BCUT2D eigenvalue weighted by atomic mass is 10.2. The maximum absolute atomic E-state index is 12.6. The molecule has 0 radical (unpaired) electrons. The maximum Gasteiger partial charge on any atom is 0.293 e. The van der Waals surface area contributed by atoms with Crippen LogP contribution in [-0.2, 0) is 11.3 Å². The number of carbonyl (C=O) groups excluding carboxylic acids is 2. The van der Waals surface area contributed by atoms with E-state index in [1.165, 1.54) is 4.90 Å². The minimum atomic E-state index is -0.258. The van der Waals surface area contributed by atoms with Gasteiger partial charge >= 0.3 is 0 Å². The molecular weight excluding hydrogens is 529 g/mol. The first-order valence-corrected chi connectivity index (χ1v) is 10.6. The molecule has 134 valence electrons. The van der Waals surface area contributed by atoms with Gasteiger partial charge in [-0.15, -0.1) is 0 Å². The highest BCUT2D eigenvalue weighted by molar-refractivity contribution is 14.1. The number of imide groups is 1. The zero-order chi connectivity index (χ0) is 18.7. The average Bonchev–Trinajstić information content (AvgIpc) is 2.87. The average molecular weight is 544 g/mol. The number of ether oxygens (including phenoxy) is 1. The van der Waals surface area contributed by atoms with Crippen LogP contribution in [0.1, 0.15) is 18.1 Å². The fraction of sp³-hybridized carbons (Fsp3) is 0.158. The second-order valence-corrected chi connectivity index (χ2v) is 8.59. The van der Waals surface area contributed by atoms with Crippen LogP contribution in [0.5, 0.6) is 5.75 Å². The van der Waals surface area contributed by atoms with E-state index in [-0.39, 0.29) is 17.7 Å². The molecule has 1 saturated heterocycles. The molecule has 0 bridgehead atoms. The lowest BCUT2D eigenvalue weighted by Gasteiger charge is -2.12. The Morgan fingerprint density at radius 2 is 1.92 bits per heavy atom. The van der Waals surface area contributed by atoms with E-state index in [1.807, 2.05) is 49.4 Å². The van der Waals surface area contributed by atoms with E-state index in [0.717, 1.165) is 36.7 Å². The summed E-state index contributed by atoms with van der Waals surface area (Å²) in [4.78, 5) is 26.6. The monoisotopic (exact) mass is 543 g/mol. The lowest BCUT2D eigenvalue weighted by molar-refractivity contribution is -0.123. The first-order valence-electron chi connectivity index (χ1n) is 7.90. The largest absolute Gasteiger partial charge is 0.493 e. The van der Waals surface area contributed by atoms with Crippen LogP contribution in [0, 0.1) is 3.57 Å². The van der Waals surface area contributed by atoms with E-state index < -0.39 is 0 Å². The van der Waals surface area contributed by atoms with Crippen molar-refractivity contribution in [2.75, 3.05) is 6.61 Å². The number of nitrogens with zero attached hydrogens (tertiary/aromatic N) is 1. The highest BCUT2D eigenvalue weighted by Gasteiger charge is 2.34. The Bertz CT molecular complexity index is 883. The van der Waals surface area contributed by atoms with E-state index in [1.54, 1.807) is 6.08 Å². The van der Waals surface area contributed by atoms with Gasteiger partial charge in [0.15, 0.2) is 0 Å². The predicted molar refractivity (Wildman–Crippen MR) is 116 cm³/mol. The van der Waals surface area contributed by atoms with Gasteiger partial charge in [0.1, 0.15) is 5.75 Å². The molecule has 0 N–H and O–H groups in total. The molecule has 2 amide bonds. The number of hydrogen-bond donors (Lipinski definition) is 0. The summed E-state index contributed by atoms with van der Waals surface area (Å²) < 4.78 is 7.45. The molecule has 1 aliphatic heterocycles.